The number of rotatable bonds is 8. The van der Waals surface area contributed by atoms with Crippen molar-refractivity contribution in [1.29, 1.82) is 0 Å². The summed E-state index contributed by atoms with van der Waals surface area (Å²) >= 11 is 0. The lowest BCUT2D eigenvalue weighted by atomic mass is 10.2. The van der Waals surface area contributed by atoms with Crippen LogP contribution >= 0.6 is 0 Å². The highest BCUT2D eigenvalue weighted by Gasteiger charge is 2.12. The molecule has 1 unspecified atom stereocenters. The molecule has 1 heterocycles. The maximum absolute atomic E-state index is 5.75. The van der Waals surface area contributed by atoms with Gasteiger partial charge in [-0.1, -0.05) is 6.04 Å². The van der Waals surface area contributed by atoms with Crippen molar-refractivity contribution in [1.82, 2.24) is 10.6 Å². The van der Waals surface area contributed by atoms with Gasteiger partial charge in [-0.25, -0.2) is 0 Å². The molecule has 1 aliphatic rings. The van der Waals surface area contributed by atoms with Gasteiger partial charge in [-0.15, -0.1) is 0 Å². The highest BCUT2D eigenvalue weighted by molar-refractivity contribution is 6.37. The summed E-state index contributed by atoms with van der Waals surface area (Å²) in [7, 11) is 2.04. The van der Waals surface area contributed by atoms with Crippen LogP contribution in [0.4, 0.5) is 0 Å². The summed E-state index contributed by atoms with van der Waals surface area (Å²) in [5.41, 5.74) is 0.705. The first kappa shape index (κ1) is 13.2. The van der Waals surface area contributed by atoms with E-state index >= 15 is 0 Å². The van der Waals surface area contributed by atoms with Crippen molar-refractivity contribution in [3.63, 3.8) is 0 Å². The number of ether oxygens (including phenoxy) is 1. The molecule has 0 spiro atoms. The Morgan fingerprint density at radius 1 is 1.27 bits per heavy atom. The Morgan fingerprint density at radius 3 is 2.93 bits per heavy atom. The normalized spacial score (nSPS) is 22.6. The Morgan fingerprint density at radius 2 is 2.20 bits per heavy atom. The first-order valence-electron chi connectivity index (χ1n) is 6.40. The van der Waals surface area contributed by atoms with E-state index in [0.717, 1.165) is 19.7 Å². The van der Waals surface area contributed by atoms with Gasteiger partial charge in [0, 0.05) is 25.4 Å². The molecule has 0 radical (unpaired) electrons. The van der Waals surface area contributed by atoms with E-state index in [0.29, 0.717) is 5.73 Å². The quantitative estimate of drug-likeness (QED) is 0.465. The molecule has 0 amide bonds. The molecular formula is C11H26N2OSi. The third kappa shape index (κ3) is 7.06. The standard InChI is InChI=1S/C11H26N2OSi/c1-12-7-8-13-6-4-10-15-11-5-2-3-9-14-11/h11-13H,2-10,15H2,1H3. The molecule has 0 aromatic heterocycles. The van der Waals surface area contributed by atoms with Crippen LogP contribution in [0.3, 0.4) is 0 Å². The van der Waals surface area contributed by atoms with Crippen molar-refractivity contribution in [2.75, 3.05) is 33.3 Å². The predicted octanol–water partition coefficient (Wildman–Crippen LogP) is 0.299. The van der Waals surface area contributed by atoms with Gasteiger partial charge in [0.15, 0.2) is 0 Å². The van der Waals surface area contributed by atoms with Gasteiger partial charge < -0.3 is 15.4 Å². The summed E-state index contributed by atoms with van der Waals surface area (Å²) in [6, 6.07) is 1.44. The molecule has 0 aliphatic carbocycles. The minimum atomic E-state index is 0.0482. The molecule has 0 saturated carbocycles. The van der Waals surface area contributed by atoms with Crippen LogP contribution in [0, 0.1) is 0 Å². The molecule has 3 nitrogen and oxygen atoms in total. The van der Waals surface area contributed by atoms with E-state index < -0.39 is 0 Å². The van der Waals surface area contributed by atoms with Crippen molar-refractivity contribution in [3.8, 4) is 0 Å². The lowest BCUT2D eigenvalue weighted by Gasteiger charge is -2.22. The number of likely N-dealkylation sites (N-methyl/N-ethyl adjacent to an activating group) is 1. The summed E-state index contributed by atoms with van der Waals surface area (Å²) < 4.78 is 5.75. The zero-order valence-electron chi connectivity index (χ0n) is 10.1. The van der Waals surface area contributed by atoms with Crippen LogP contribution in [-0.4, -0.2) is 48.5 Å². The fourth-order valence-electron chi connectivity index (χ4n) is 2.00. The van der Waals surface area contributed by atoms with E-state index in [9.17, 15) is 0 Å². The first-order valence-corrected chi connectivity index (χ1v) is 8.22. The van der Waals surface area contributed by atoms with Gasteiger partial charge in [0.2, 0.25) is 0 Å². The molecule has 2 N–H and O–H groups in total. The van der Waals surface area contributed by atoms with E-state index in [1.807, 2.05) is 7.05 Å². The summed E-state index contributed by atoms with van der Waals surface area (Å²) in [5, 5.41) is 6.58. The van der Waals surface area contributed by atoms with Crippen LogP contribution in [-0.2, 0) is 4.74 Å². The first-order chi connectivity index (χ1) is 7.43. The van der Waals surface area contributed by atoms with Crippen LogP contribution in [0.25, 0.3) is 0 Å². The van der Waals surface area contributed by atoms with Crippen molar-refractivity contribution < 1.29 is 4.74 Å². The minimum absolute atomic E-state index is 0.0482. The van der Waals surface area contributed by atoms with Gasteiger partial charge in [0.25, 0.3) is 0 Å². The Hall–Kier alpha value is 0.0969. The number of hydrogen-bond acceptors (Lipinski definition) is 3. The molecule has 1 rings (SSSR count). The van der Waals surface area contributed by atoms with Crippen LogP contribution in [0.1, 0.15) is 25.7 Å². The maximum atomic E-state index is 5.75. The Bertz CT molecular complexity index is 141. The monoisotopic (exact) mass is 230 g/mol. The fourth-order valence-corrected chi connectivity index (χ4v) is 3.90. The van der Waals surface area contributed by atoms with E-state index in [4.69, 9.17) is 4.74 Å². The van der Waals surface area contributed by atoms with E-state index in [1.54, 1.807) is 0 Å². The van der Waals surface area contributed by atoms with Crippen molar-refractivity contribution >= 4 is 9.52 Å². The van der Waals surface area contributed by atoms with Crippen LogP contribution in [0.5, 0.6) is 0 Å². The molecular weight excluding hydrogens is 204 g/mol. The second-order valence-corrected chi connectivity index (χ2v) is 6.53. The summed E-state index contributed by atoms with van der Waals surface area (Å²) in [4.78, 5) is 0. The van der Waals surface area contributed by atoms with Gasteiger partial charge in [-0.2, -0.15) is 0 Å². The maximum Gasteiger partial charge on any atom is 0.0556 e. The van der Waals surface area contributed by atoms with E-state index in [2.05, 4.69) is 10.6 Å². The summed E-state index contributed by atoms with van der Waals surface area (Å²) in [6.45, 7) is 4.38. The molecule has 1 atom stereocenters. The average molecular weight is 230 g/mol. The molecule has 4 heteroatoms. The van der Waals surface area contributed by atoms with Gasteiger partial charge in [-0.05, 0) is 39.3 Å². The molecule has 1 fully saturated rings. The lowest BCUT2D eigenvalue weighted by Crippen LogP contribution is -2.27. The Labute approximate surface area is 96.2 Å². The SMILES string of the molecule is CNCCNCCC[SiH2]C1CCCCO1. The van der Waals surface area contributed by atoms with Gasteiger partial charge in [0.1, 0.15) is 0 Å². The zero-order chi connectivity index (χ0) is 10.8. The van der Waals surface area contributed by atoms with Gasteiger partial charge in [0.05, 0.1) is 9.52 Å². The second kappa shape index (κ2) is 9.33. The molecule has 0 aromatic carbocycles. The summed E-state index contributed by atoms with van der Waals surface area (Å²) in [6.07, 6.45) is 5.38. The summed E-state index contributed by atoms with van der Waals surface area (Å²) in [5.74, 6) is 0. The third-order valence-corrected chi connectivity index (χ3v) is 5.15. The smallest absolute Gasteiger partial charge is 0.0556 e. The largest absolute Gasteiger partial charge is 0.382 e. The minimum Gasteiger partial charge on any atom is -0.382 e. The van der Waals surface area contributed by atoms with E-state index in [-0.39, 0.29) is 9.52 Å². The zero-order valence-corrected chi connectivity index (χ0v) is 11.5. The van der Waals surface area contributed by atoms with Crippen molar-refractivity contribution in [3.05, 3.63) is 0 Å². The third-order valence-electron chi connectivity index (χ3n) is 2.96. The lowest BCUT2D eigenvalue weighted by molar-refractivity contribution is 0.0650. The van der Waals surface area contributed by atoms with Gasteiger partial charge in [-0.3, -0.25) is 0 Å². The second-order valence-electron chi connectivity index (χ2n) is 4.34. The molecule has 90 valence electrons. The van der Waals surface area contributed by atoms with Crippen LogP contribution in [0.2, 0.25) is 6.04 Å². The number of hydrogen-bond donors (Lipinski definition) is 2. The van der Waals surface area contributed by atoms with Crippen LogP contribution < -0.4 is 10.6 Å². The molecule has 1 saturated heterocycles. The highest BCUT2D eigenvalue weighted by Crippen LogP contribution is 2.12. The average Bonchev–Trinajstić information content (AvgIpc) is 2.29. The Kier molecular flexibility index (Phi) is 8.19. The highest BCUT2D eigenvalue weighted by atomic mass is 28.2. The van der Waals surface area contributed by atoms with Crippen molar-refractivity contribution in [2.45, 2.75) is 37.5 Å². The van der Waals surface area contributed by atoms with Crippen LogP contribution in [0.15, 0.2) is 0 Å². The van der Waals surface area contributed by atoms with E-state index in [1.165, 1.54) is 38.3 Å². The van der Waals surface area contributed by atoms with Gasteiger partial charge >= 0.3 is 0 Å². The Balaban J connectivity index is 1.79. The fraction of sp³-hybridized carbons (Fsp3) is 1.00. The molecule has 0 aromatic rings. The topological polar surface area (TPSA) is 33.3 Å². The molecule has 0 bridgehead atoms. The molecule has 15 heavy (non-hydrogen) atoms. The van der Waals surface area contributed by atoms with Crippen molar-refractivity contribution in [2.24, 2.45) is 0 Å². The predicted molar refractivity (Wildman–Crippen MR) is 68.4 cm³/mol. The number of nitrogens with one attached hydrogen (secondary N) is 2. The molecule has 1 aliphatic heterocycles.